The molecule has 2 fully saturated rings. The van der Waals surface area contributed by atoms with Gasteiger partial charge in [-0.05, 0) is 149 Å². The van der Waals surface area contributed by atoms with E-state index in [9.17, 15) is 0 Å². The Morgan fingerprint density at radius 1 is 0.537 bits per heavy atom. The van der Waals surface area contributed by atoms with Crippen molar-refractivity contribution in [2.45, 2.75) is 141 Å². The van der Waals surface area contributed by atoms with E-state index in [0.29, 0.717) is 34.5 Å². The van der Waals surface area contributed by atoms with E-state index in [1.165, 1.54) is 57.8 Å². The van der Waals surface area contributed by atoms with E-state index in [0.717, 1.165) is 23.7 Å². The zero-order chi connectivity index (χ0) is 38.2. The fourth-order valence-corrected chi connectivity index (χ4v) is 11.3. The first kappa shape index (κ1) is 47.8. The van der Waals surface area contributed by atoms with Gasteiger partial charge in [-0.1, -0.05) is 155 Å². The van der Waals surface area contributed by atoms with Crippen molar-refractivity contribution in [3.05, 3.63) is 109 Å². The van der Waals surface area contributed by atoms with Gasteiger partial charge >= 0.3 is 37.9 Å². The van der Waals surface area contributed by atoms with Gasteiger partial charge in [0.2, 0.25) is 0 Å². The first-order valence-corrected chi connectivity index (χ1v) is 27.1. The van der Waals surface area contributed by atoms with Gasteiger partial charge in [-0.15, -0.1) is 0 Å². The summed E-state index contributed by atoms with van der Waals surface area (Å²) in [6.45, 7) is 29.2. The summed E-state index contributed by atoms with van der Waals surface area (Å²) in [6, 6.07) is 0. The zero-order valence-electron chi connectivity index (χ0n) is 37.0. The van der Waals surface area contributed by atoms with Crippen LogP contribution in [0, 0.1) is 83.9 Å². The third-order valence-electron chi connectivity index (χ3n) is 13.5. The minimum absolute atomic E-state index is 0. The van der Waals surface area contributed by atoms with Gasteiger partial charge < -0.3 is 14.9 Å². The fraction of sp³-hybridized carbons (Fsp3) is 0.647. The molecule has 0 nitrogen and oxygen atoms in total. The van der Waals surface area contributed by atoms with Crippen molar-refractivity contribution in [1.82, 2.24) is 0 Å². The maximum atomic E-state index is 4.93. The molecular weight excluding hydrogens is 775 g/mol. The van der Waals surface area contributed by atoms with E-state index in [-0.39, 0.29) is 25.7 Å². The molecule has 0 aromatic heterocycles. The van der Waals surface area contributed by atoms with Crippen molar-refractivity contribution >= 4 is 17.0 Å². The van der Waals surface area contributed by atoms with E-state index in [2.05, 4.69) is 144 Å². The number of fused-ring (bicyclic) bond motifs is 2. The van der Waals surface area contributed by atoms with Crippen LogP contribution in [0.4, 0.5) is 0 Å². The van der Waals surface area contributed by atoms with Gasteiger partial charge in [-0.2, -0.15) is 0 Å². The fourth-order valence-electron chi connectivity index (χ4n) is 11.3. The van der Waals surface area contributed by atoms with Crippen molar-refractivity contribution in [2.24, 2.45) is 69.0 Å². The normalized spacial score (nSPS) is 30.7. The van der Waals surface area contributed by atoms with E-state index >= 15 is 0 Å². The molecule has 2 saturated carbocycles. The second-order valence-electron chi connectivity index (χ2n) is 21.8. The van der Waals surface area contributed by atoms with E-state index in [1.54, 1.807) is 33.4 Å². The van der Waals surface area contributed by atoms with Gasteiger partial charge in [0.1, 0.15) is 0 Å². The molecule has 0 bridgehead atoms. The topological polar surface area (TPSA) is 0 Å². The van der Waals surface area contributed by atoms with Gasteiger partial charge in [0.25, 0.3) is 0 Å². The van der Waals surface area contributed by atoms with Crippen LogP contribution < -0.4 is 0 Å². The molecule has 6 aliphatic carbocycles. The van der Waals surface area contributed by atoms with Crippen LogP contribution in [-0.4, -0.2) is 0 Å². The molecule has 0 radical (unpaired) electrons. The van der Waals surface area contributed by atoms with Crippen molar-refractivity contribution in [3.63, 3.8) is 0 Å². The number of hydrogen-bond acceptors (Lipinski definition) is 0. The summed E-state index contributed by atoms with van der Waals surface area (Å²) in [5, 5.41) is 0. The van der Waals surface area contributed by atoms with E-state index in [1.807, 2.05) is 0 Å². The molecule has 0 saturated heterocycles. The Hall–Kier alpha value is -0.617. The molecule has 0 aromatic rings. The molecule has 6 aliphatic rings. The zero-order valence-corrected chi connectivity index (χ0v) is 41.0. The quantitative estimate of drug-likeness (QED) is 0.234. The van der Waals surface area contributed by atoms with Crippen LogP contribution in [0.1, 0.15) is 141 Å². The average Bonchev–Trinajstić information content (AvgIpc) is 3.55. The summed E-state index contributed by atoms with van der Waals surface area (Å²) in [5.41, 5.74) is 11.1. The summed E-state index contributed by atoms with van der Waals surface area (Å²) >= 11 is -0.826. The summed E-state index contributed by atoms with van der Waals surface area (Å²) in [6.07, 6.45) is 37.0. The Morgan fingerprint density at radius 2 is 0.889 bits per heavy atom. The molecule has 8 unspecified atom stereocenters. The van der Waals surface area contributed by atoms with Crippen LogP contribution in [0.3, 0.4) is 0 Å². The SMILES string of the molecule is CC(C)(C)CC1CC2C(C3=CC=C(C(C)(C)C)CC3)=CC=CC2C1CC1C(CC(C)(C)C)CC2C(C3=CC=C(C(C)(C)C)CC3)=CC=CC21.[CH3-].[CH3-].[Cl][Zr+2][Cl]. The predicted molar refractivity (Wildman–Crippen MR) is 239 cm³/mol. The van der Waals surface area contributed by atoms with Gasteiger partial charge in [0, 0.05) is 0 Å². The van der Waals surface area contributed by atoms with Gasteiger partial charge in [0.15, 0.2) is 0 Å². The Balaban J connectivity index is 0.00000152. The van der Waals surface area contributed by atoms with Crippen LogP contribution >= 0.6 is 17.0 Å². The van der Waals surface area contributed by atoms with E-state index in [4.69, 9.17) is 17.0 Å². The Bertz CT molecular complexity index is 1410. The molecular formula is C51H78Cl2Zr. The number of allylic oxidation sites excluding steroid dienone is 16. The molecule has 54 heavy (non-hydrogen) atoms. The monoisotopic (exact) mass is 850 g/mol. The molecule has 8 atom stereocenters. The number of hydrogen-bond donors (Lipinski definition) is 0. The second kappa shape index (κ2) is 19.0. The van der Waals surface area contributed by atoms with Crippen LogP contribution in [0.2, 0.25) is 0 Å². The van der Waals surface area contributed by atoms with Gasteiger partial charge in [-0.3, -0.25) is 0 Å². The third kappa shape index (κ3) is 11.7. The molecule has 0 N–H and O–H groups in total. The minimum atomic E-state index is -0.826. The van der Waals surface area contributed by atoms with Gasteiger partial charge in [0.05, 0.1) is 0 Å². The number of halogens is 2. The van der Waals surface area contributed by atoms with Crippen LogP contribution in [0.25, 0.3) is 0 Å². The summed E-state index contributed by atoms with van der Waals surface area (Å²) in [7, 11) is 9.87. The molecule has 0 spiro atoms. The van der Waals surface area contributed by atoms with Crippen molar-refractivity contribution in [2.75, 3.05) is 0 Å². The predicted octanol–water partition coefficient (Wildman–Crippen LogP) is 16.6. The molecule has 0 aromatic carbocycles. The molecule has 0 aliphatic heterocycles. The Morgan fingerprint density at radius 3 is 1.17 bits per heavy atom. The second-order valence-corrected chi connectivity index (χ2v) is 25.5. The molecule has 3 heteroatoms. The maximum absolute atomic E-state index is 4.93. The van der Waals surface area contributed by atoms with Crippen LogP contribution in [0.5, 0.6) is 0 Å². The standard InChI is InChI=1S/C49H72.2CH3.2ClH.Zr/c1-46(2,3)30-34-27-44-38(32-19-23-36(24-20-32)48(7,8)9)15-13-17-40(44)42(34)29-43-35(31-47(4,5)6)28-45-39(16-14-18-41(43)45)33-21-25-37(26-22-33)49(10,11)12;;;;;/h13-19,21,23,25,34-35,40-45H,20,22,24,26-31H2,1-12H3;2*1H3;2*1H;/q;2*-1;;;+4/p-2. The summed E-state index contributed by atoms with van der Waals surface area (Å²) in [4.78, 5) is 0. The number of rotatable bonds is 6. The first-order chi connectivity index (χ1) is 24.2. The summed E-state index contributed by atoms with van der Waals surface area (Å²) in [5.74, 6) is 5.87. The Kier molecular flexibility index (Phi) is 16.8. The molecule has 6 rings (SSSR count). The first-order valence-electron chi connectivity index (χ1n) is 20.7. The molecule has 300 valence electrons. The van der Waals surface area contributed by atoms with Crippen molar-refractivity contribution in [1.29, 1.82) is 0 Å². The van der Waals surface area contributed by atoms with Crippen LogP contribution in [0.15, 0.2) is 94.2 Å². The summed E-state index contributed by atoms with van der Waals surface area (Å²) < 4.78 is 0. The Labute approximate surface area is 354 Å². The average molecular weight is 853 g/mol. The molecule has 0 heterocycles. The molecule has 0 amide bonds. The van der Waals surface area contributed by atoms with Gasteiger partial charge in [-0.25, -0.2) is 0 Å². The third-order valence-corrected chi connectivity index (χ3v) is 13.5. The van der Waals surface area contributed by atoms with E-state index < -0.39 is 20.8 Å². The van der Waals surface area contributed by atoms with Crippen molar-refractivity contribution in [3.8, 4) is 0 Å². The van der Waals surface area contributed by atoms with Crippen molar-refractivity contribution < 1.29 is 20.8 Å². The van der Waals surface area contributed by atoms with Crippen LogP contribution in [-0.2, 0) is 20.8 Å².